The van der Waals surface area contributed by atoms with E-state index in [0.29, 0.717) is 11.8 Å². The van der Waals surface area contributed by atoms with E-state index < -0.39 is 17.7 Å². The summed E-state index contributed by atoms with van der Waals surface area (Å²) in [6.07, 6.45) is 0.632. The number of nitrogens with one attached hydrogen (secondary N) is 1. The van der Waals surface area contributed by atoms with Crippen molar-refractivity contribution in [2.24, 2.45) is 0 Å². The first-order valence-electron chi connectivity index (χ1n) is 3.76. The second kappa shape index (κ2) is 4.09. The van der Waals surface area contributed by atoms with Crippen LogP contribution in [0.25, 0.3) is 0 Å². The molecule has 0 aliphatic carbocycles. The van der Waals surface area contributed by atoms with Gasteiger partial charge in [0.25, 0.3) is 0 Å². The first-order chi connectivity index (χ1) is 6.19. The van der Waals surface area contributed by atoms with E-state index in [1.165, 1.54) is 6.07 Å². The van der Waals surface area contributed by atoms with E-state index >= 15 is 0 Å². The molecule has 13 heavy (non-hydrogen) atoms. The molecule has 0 bridgehead atoms. The van der Waals surface area contributed by atoms with Gasteiger partial charge in [0.1, 0.15) is 6.29 Å². The normalized spacial score (nSPS) is 12.5. The molecule has 1 aromatic carbocycles. The number of hydrogen-bond donors (Lipinski definition) is 1. The van der Waals surface area contributed by atoms with Gasteiger partial charge >= 0.3 is 0 Å². The van der Waals surface area contributed by atoms with Gasteiger partial charge in [-0.15, -0.1) is 0 Å². The molecule has 1 aromatic rings. The number of benzene rings is 1. The molecule has 0 radical (unpaired) electrons. The lowest BCUT2D eigenvalue weighted by atomic mass is 10.1. The Hall–Kier alpha value is -1.29. The van der Waals surface area contributed by atoms with Crippen LogP contribution in [0.15, 0.2) is 18.2 Å². The first-order valence-corrected chi connectivity index (χ1v) is 3.76. The molecule has 1 unspecified atom stereocenters. The van der Waals surface area contributed by atoms with Gasteiger partial charge in [0.15, 0.2) is 11.6 Å². The Kier molecular flexibility index (Phi) is 3.08. The van der Waals surface area contributed by atoms with Gasteiger partial charge in [-0.25, -0.2) is 8.78 Å². The number of likely N-dealkylation sites (N-methyl/N-ethyl adjacent to an activating group) is 1. The Morgan fingerprint density at radius 2 is 2.08 bits per heavy atom. The van der Waals surface area contributed by atoms with Crippen molar-refractivity contribution in [2.45, 2.75) is 6.04 Å². The fourth-order valence-corrected chi connectivity index (χ4v) is 1.02. The topological polar surface area (TPSA) is 29.1 Å². The van der Waals surface area contributed by atoms with Crippen LogP contribution in [0.4, 0.5) is 8.78 Å². The Morgan fingerprint density at radius 3 is 2.54 bits per heavy atom. The van der Waals surface area contributed by atoms with Gasteiger partial charge in [-0.2, -0.15) is 0 Å². The minimum Gasteiger partial charge on any atom is -0.307 e. The van der Waals surface area contributed by atoms with Crippen molar-refractivity contribution in [2.75, 3.05) is 7.05 Å². The third-order valence-corrected chi connectivity index (χ3v) is 1.75. The summed E-state index contributed by atoms with van der Waals surface area (Å²) in [5, 5.41) is 2.66. The van der Waals surface area contributed by atoms with Gasteiger partial charge in [0, 0.05) is 0 Å². The molecule has 0 aromatic heterocycles. The van der Waals surface area contributed by atoms with Crippen LogP contribution in [0.2, 0.25) is 0 Å². The molecule has 4 heteroatoms. The van der Waals surface area contributed by atoms with Crippen LogP contribution in [0.5, 0.6) is 0 Å². The van der Waals surface area contributed by atoms with E-state index in [1.807, 2.05) is 0 Å². The lowest BCUT2D eigenvalue weighted by molar-refractivity contribution is -0.109. The van der Waals surface area contributed by atoms with Crippen LogP contribution in [-0.2, 0) is 4.79 Å². The predicted octanol–water partition coefficient (Wildman–Crippen LogP) is 1.42. The lowest BCUT2D eigenvalue weighted by Crippen LogP contribution is -2.17. The van der Waals surface area contributed by atoms with Crippen LogP contribution >= 0.6 is 0 Å². The molecule has 0 spiro atoms. The van der Waals surface area contributed by atoms with E-state index in [4.69, 9.17) is 0 Å². The molecule has 0 fully saturated rings. The zero-order valence-corrected chi connectivity index (χ0v) is 7.05. The highest BCUT2D eigenvalue weighted by molar-refractivity contribution is 5.61. The van der Waals surface area contributed by atoms with Crippen molar-refractivity contribution in [3.8, 4) is 0 Å². The van der Waals surface area contributed by atoms with Crippen molar-refractivity contribution in [3.63, 3.8) is 0 Å². The van der Waals surface area contributed by atoms with E-state index in [1.54, 1.807) is 7.05 Å². The number of hydrogen-bond acceptors (Lipinski definition) is 2. The van der Waals surface area contributed by atoms with E-state index in [9.17, 15) is 13.6 Å². The summed E-state index contributed by atoms with van der Waals surface area (Å²) in [6, 6.07) is 2.78. The molecule has 0 aliphatic rings. The molecule has 0 heterocycles. The van der Waals surface area contributed by atoms with Crippen molar-refractivity contribution >= 4 is 6.29 Å². The molecule has 1 rings (SSSR count). The maximum Gasteiger partial charge on any atom is 0.159 e. The highest BCUT2D eigenvalue weighted by atomic mass is 19.2. The first kappa shape index (κ1) is 9.80. The number of carbonyl (C=O) groups excluding carboxylic acids is 1. The summed E-state index contributed by atoms with van der Waals surface area (Å²) in [4.78, 5) is 10.5. The fourth-order valence-electron chi connectivity index (χ4n) is 1.02. The molecule has 0 amide bonds. The average molecular weight is 185 g/mol. The van der Waals surface area contributed by atoms with Crippen LogP contribution in [0.3, 0.4) is 0 Å². The standard InChI is InChI=1S/C9H9F2NO/c1-12-9(5-13)6-2-3-7(10)8(11)4-6/h2-5,9,12H,1H3. The molecule has 1 N–H and O–H groups in total. The molecule has 0 aliphatic heterocycles. The Labute approximate surface area is 74.6 Å². The number of rotatable bonds is 3. The minimum atomic E-state index is -0.945. The van der Waals surface area contributed by atoms with Gasteiger partial charge in [0.05, 0.1) is 6.04 Å². The van der Waals surface area contributed by atoms with Gasteiger partial charge in [-0.3, -0.25) is 0 Å². The van der Waals surface area contributed by atoms with Crippen molar-refractivity contribution in [3.05, 3.63) is 35.4 Å². The molecular weight excluding hydrogens is 176 g/mol. The second-order valence-electron chi connectivity index (χ2n) is 2.58. The summed E-state index contributed by atoms with van der Waals surface area (Å²) in [7, 11) is 1.57. The third kappa shape index (κ3) is 2.09. The highest BCUT2D eigenvalue weighted by Gasteiger charge is 2.10. The second-order valence-corrected chi connectivity index (χ2v) is 2.58. The highest BCUT2D eigenvalue weighted by Crippen LogP contribution is 2.14. The van der Waals surface area contributed by atoms with E-state index in [-0.39, 0.29) is 0 Å². The van der Waals surface area contributed by atoms with E-state index in [0.717, 1.165) is 12.1 Å². The maximum atomic E-state index is 12.7. The quantitative estimate of drug-likeness (QED) is 0.721. The van der Waals surface area contributed by atoms with Crippen molar-refractivity contribution in [1.29, 1.82) is 0 Å². The number of halogens is 2. The molecule has 0 saturated carbocycles. The summed E-state index contributed by atoms with van der Waals surface area (Å²) in [6.45, 7) is 0. The molecule has 0 saturated heterocycles. The maximum absolute atomic E-state index is 12.7. The largest absolute Gasteiger partial charge is 0.307 e. The zero-order chi connectivity index (χ0) is 9.84. The number of carbonyl (C=O) groups is 1. The molecule has 1 atom stereocenters. The predicted molar refractivity (Wildman–Crippen MR) is 44.2 cm³/mol. The minimum absolute atomic E-state index is 0.413. The van der Waals surface area contributed by atoms with Gasteiger partial charge in [-0.1, -0.05) is 6.07 Å². The summed E-state index contributed by atoms with van der Waals surface area (Å²) < 4.78 is 25.2. The van der Waals surface area contributed by atoms with Gasteiger partial charge in [-0.05, 0) is 24.7 Å². The summed E-state index contributed by atoms with van der Waals surface area (Å²) in [5.41, 5.74) is 0.413. The van der Waals surface area contributed by atoms with Crippen molar-refractivity contribution < 1.29 is 13.6 Å². The fraction of sp³-hybridized carbons (Fsp3) is 0.222. The molecule has 70 valence electrons. The smallest absolute Gasteiger partial charge is 0.159 e. The van der Waals surface area contributed by atoms with Gasteiger partial charge < -0.3 is 10.1 Å². The Bertz CT molecular complexity index is 314. The number of aldehydes is 1. The van der Waals surface area contributed by atoms with Gasteiger partial charge in [0.2, 0.25) is 0 Å². The lowest BCUT2D eigenvalue weighted by Gasteiger charge is -2.08. The third-order valence-electron chi connectivity index (χ3n) is 1.75. The van der Waals surface area contributed by atoms with Crippen LogP contribution in [0.1, 0.15) is 11.6 Å². The average Bonchev–Trinajstić information content (AvgIpc) is 2.13. The monoisotopic (exact) mass is 185 g/mol. The molecule has 2 nitrogen and oxygen atoms in total. The molecular formula is C9H9F2NO. The SMILES string of the molecule is CNC(C=O)c1ccc(F)c(F)c1. The van der Waals surface area contributed by atoms with Crippen molar-refractivity contribution in [1.82, 2.24) is 5.32 Å². The Balaban J connectivity index is 3.01. The van der Waals surface area contributed by atoms with E-state index in [2.05, 4.69) is 5.32 Å². The zero-order valence-electron chi connectivity index (χ0n) is 7.05. The van der Waals surface area contributed by atoms with Crippen LogP contribution < -0.4 is 5.32 Å². The Morgan fingerprint density at radius 1 is 1.38 bits per heavy atom. The summed E-state index contributed by atoms with van der Waals surface area (Å²) >= 11 is 0. The van der Waals surface area contributed by atoms with Crippen LogP contribution in [-0.4, -0.2) is 13.3 Å². The summed E-state index contributed by atoms with van der Waals surface area (Å²) in [5.74, 6) is -1.86. The van der Waals surface area contributed by atoms with Crippen LogP contribution in [0, 0.1) is 11.6 Å².